The number of carbonyl (C=O) groups is 1. The third-order valence-electron chi connectivity index (χ3n) is 2.63. The lowest BCUT2D eigenvalue weighted by Gasteiger charge is -2.19. The smallest absolute Gasteiger partial charge is 0.341 e. The van der Waals surface area contributed by atoms with Gasteiger partial charge >= 0.3 is 5.97 Å². The molecule has 5 nitrogen and oxygen atoms in total. The van der Waals surface area contributed by atoms with Gasteiger partial charge in [0.2, 0.25) is 0 Å². The highest BCUT2D eigenvalue weighted by molar-refractivity contribution is 5.90. The Morgan fingerprint density at radius 2 is 2.40 bits per heavy atom. The third-order valence-corrected chi connectivity index (χ3v) is 2.63. The molecule has 1 aromatic rings. The molecule has 1 aromatic heterocycles. The zero-order valence-electron chi connectivity index (χ0n) is 8.52. The highest BCUT2D eigenvalue weighted by atomic mass is 16.5. The Morgan fingerprint density at radius 1 is 1.60 bits per heavy atom. The van der Waals surface area contributed by atoms with Crippen molar-refractivity contribution in [2.75, 3.05) is 13.2 Å². The molecule has 0 radical (unpaired) electrons. The van der Waals surface area contributed by atoms with Crippen molar-refractivity contribution in [3.63, 3.8) is 0 Å². The summed E-state index contributed by atoms with van der Waals surface area (Å²) in [5.41, 5.74) is 0.633. The van der Waals surface area contributed by atoms with Gasteiger partial charge in [-0.25, -0.2) is 4.79 Å². The lowest BCUT2D eigenvalue weighted by molar-refractivity contribution is 0.0654. The Balaban J connectivity index is 2.30. The zero-order chi connectivity index (χ0) is 10.8. The predicted molar refractivity (Wildman–Crippen MR) is 51.0 cm³/mol. The van der Waals surface area contributed by atoms with Crippen molar-refractivity contribution in [3.05, 3.63) is 17.0 Å². The van der Waals surface area contributed by atoms with Crippen molar-refractivity contribution < 1.29 is 19.2 Å². The fourth-order valence-corrected chi connectivity index (χ4v) is 1.87. The number of rotatable bonds is 2. The number of nitrogens with zero attached hydrogens (tertiary/aromatic N) is 1. The number of hydrogen-bond donors (Lipinski definition) is 1. The van der Waals surface area contributed by atoms with E-state index in [0.717, 1.165) is 19.4 Å². The van der Waals surface area contributed by atoms with Crippen LogP contribution >= 0.6 is 0 Å². The summed E-state index contributed by atoms with van der Waals surface area (Å²) in [6.45, 7) is 2.90. The second-order valence-corrected chi connectivity index (χ2v) is 3.73. The molecule has 1 aliphatic heterocycles. The predicted octanol–water partition coefficient (Wildman–Crippen LogP) is 1.58. The summed E-state index contributed by atoms with van der Waals surface area (Å²) in [5.74, 6) is -0.486. The molecule has 82 valence electrons. The summed E-state index contributed by atoms with van der Waals surface area (Å²) in [6, 6.07) is 0. The van der Waals surface area contributed by atoms with Gasteiger partial charge in [-0.15, -0.1) is 0 Å². The van der Waals surface area contributed by atoms with Crippen molar-refractivity contribution >= 4 is 5.97 Å². The summed E-state index contributed by atoms with van der Waals surface area (Å²) in [5, 5.41) is 12.7. The van der Waals surface area contributed by atoms with Crippen LogP contribution in [-0.2, 0) is 4.74 Å². The van der Waals surface area contributed by atoms with Crippen LogP contribution in [0.1, 0.15) is 40.6 Å². The van der Waals surface area contributed by atoms with Gasteiger partial charge in [0.1, 0.15) is 5.56 Å². The van der Waals surface area contributed by atoms with E-state index in [2.05, 4.69) is 5.16 Å². The molecular formula is C10H13NO4. The van der Waals surface area contributed by atoms with Gasteiger partial charge in [-0.3, -0.25) is 0 Å². The van der Waals surface area contributed by atoms with Crippen molar-refractivity contribution in [2.24, 2.45) is 0 Å². The van der Waals surface area contributed by atoms with Crippen molar-refractivity contribution in [3.8, 4) is 0 Å². The molecule has 1 aliphatic rings. The van der Waals surface area contributed by atoms with Crippen LogP contribution in [0, 0.1) is 6.92 Å². The summed E-state index contributed by atoms with van der Waals surface area (Å²) in [7, 11) is 0. The van der Waals surface area contributed by atoms with Crippen LogP contribution in [-0.4, -0.2) is 29.4 Å². The van der Waals surface area contributed by atoms with Gasteiger partial charge in [-0.05, 0) is 19.8 Å². The van der Waals surface area contributed by atoms with E-state index in [9.17, 15) is 4.79 Å². The van der Waals surface area contributed by atoms with Gasteiger partial charge in [0.15, 0.2) is 5.76 Å². The van der Waals surface area contributed by atoms with Crippen LogP contribution in [0.25, 0.3) is 0 Å². The molecule has 1 fully saturated rings. The van der Waals surface area contributed by atoms with Gasteiger partial charge < -0.3 is 14.4 Å². The third kappa shape index (κ3) is 1.87. The molecule has 1 unspecified atom stereocenters. The highest BCUT2D eigenvalue weighted by Gasteiger charge is 2.28. The molecule has 0 spiro atoms. The van der Waals surface area contributed by atoms with E-state index in [1.807, 2.05) is 0 Å². The Kier molecular flexibility index (Phi) is 2.73. The normalized spacial score (nSPS) is 21.5. The maximum absolute atomic E-state index is 11.0. The molecule has 0 amide bonds. The molecular weight excluding hydrogens is 198 g/mol. The zero-order valence-corrected chi connectivity index (χ0v) is 8.52. The molecule has 0 saturated carbocycles. The van der Waals surface area contributed by atoms with Gasteiger partial charge in [-0.1, -0.05) is 5.16 Å². The van der Waals surface area contributed by atoms with E-state index in [1.54, 1.807) is 6.92 Å². The van der Waals surface area contributed by atoms with E-state index in [0.29, 0.717) is 18.1 Å². The van der Waals surface area contributed by atoms with E-state index in [1.165, 1.54) is 0 Å². The van der Waals surface area contributed by atoms with Crippen LogP contribution in [0.3, 0.4) is 0 Å². The molecule has 1 saturated heterocycles. The first kappa shape index (κ1) is 10.2. The lowest BCUT2D eigenvalue weighted by atomic mass is 9.96. The Bertz CT molecular complexity index is 365. The van der Waals surface area contributed by atoms with Gasteiger partial charge in [0.25, 0.3) is 0 Å². The number of carboxylic acids is 1. The second kappa shape index (κ2) is 4.02. The molecule has 15 heavy (non-hydrogen) atoms. The Labute approximate surface area is 87.0 Å². The van der Waals surface area contributed by atoms with Crippen molar-refractivity contribution in [2.45, 2.75) is 25.7 Å². The summed E-state index contributed by atoms with van der Waals surface area (Å²) in [4.78, 5) is 11.0. The highest BCUT2D eigenvalue weighted by Crippen LogP contribution is 2.29. The average molecular weight is 211 g/mol. The fraction of sp³-hybridized carbons (Fsp3) is 0.600. The SMILES string of the molecule is Cc1noc(C2CCCOC2)c1C(=O)O. The van der Waals surface area contributed by atoms with Crippen molar-refractivity contribution in [1.82, 2.24) is 5.16 Å². The number of hydrogen-bond acceptors (Lipinski definition) is 4. The first-order chi connectivity index (χ1) is 7.20. The molecule has 1 atom stereocenters. The van der Waals surface area contributed by atoms with Crippen molar-refractivity contribution in [1.29, 1.82) is 0 Å². The molecule has 2 heterocycles. The maximum Gasteiger partial charge on any atom is 0.341 e. The molecule has 0 aliphatic carbocycles. The topological polar surface area (TPSA) is 72.6 Å². The molecule has 0 aromatic carbocycles. The first-order valence-electron chi connectivity index (χ1n) is 4.97. The minimum absolute atomic E-state index is 0.0334. The van der Waals surface area contributed by atoms with E-state index in [-0.39, 0.29) is 11.5 Å². The average Bonchev–Trinajstić information content (AvgIpc) is 2.61. The standard InChI is InChI=1S/C10H13NO4/c1-6-8(10(12)13)9(15-11-6)7-3-2-4-14-5-7/h7H,2-5H2,1H3,(H,12,13). The minimum Gasteiger partial charge on any atom is -0.477 e. The lowest BCUT2D eigenvalue weighted by Crippen LogP contribution is -2.17. The maximum atomic E-state index is 11.0. The number of ether oxygens (including phenoxy) is 1. The van der Waals surface area contributed by atoms with Gasteiger partial charge in [-0.2, -0.15) is 0 Å². The molecule has 1 N–H and O–H groups in total. The van der Waals surface area contributed by atoms with Crippen LogP contribution < -0.4 is 0 Å². The number of aryl methyl sites for hydroxylation is 1. The summed E-state index contributed by atoms with van der Waals surface area (Å²) < 4.78 is 10.4. The number of aromatic nitrogens is 1. The monoisotopic (exact) mass is 211 g/mol. The number of aromatic carboxylic acids is 1. The minimum atomic E-state index is -0.977. The van der Waals surface area contributed by atoms with Crippen LogP contribution in [0.15, 0.2) is 4.52 Å². The molecule has 2 rings (SSSR count). The van der Waals surface area contributed by atoms with E-state index >= 15 is 0 Å². The summed E-state index contributed by atoms with van der Waals surface area (Å²) in [6.07, 6.45) is 1.83. The fourth-order valence-electron chi connectivity index (χ4n) is 1.87. The quantitative estimate of drug-likeness (QED) is 0.803. The Hall–Kier alpha value is -1.36. The van der Waals surface area contributed by atoms with Gasteiger partial charge in [0.05, 0.1) is 12.3 Å². The first-order valence-corrected chi connectivity index (χ1v) is 4.97. The van der Waals surface area contributed by atoms with Gasteiger partial charge in [0, 0.05) is 12.5 Å². The molecule has 0 bridgehead atoms. The largest absolute Gasteiger partial charge is 0.477 e. The van der Waals surface area contributed by atoms with Crippen LogP contribution in [0.2, 0.25) is 0 Å². The van der Waals surface area contributed by atoms with E-state index in [4.69, 9.17) is 14.4 Å². The number of carboxylic acid groups (broad SMARTS) is 1. The van der Waals surface area contributed by atoms with E-state index < -0.39 is 5.97 Å². The van der Waals surface area contributed by atoms with Crippen LogP contribution in [0.4, 0.5) is 0 Å². The summed E-state index contributed by atoms with van der Waals surface area (Å²) >= 11 is 0. The second-order valence-electron chi connectivity index (χ2n) is 3.73. The molecule has 5 heteroatoms. The van der Waals surface area contributed by atoms with Crippen LogP contribution in [0.5, 0.6) is 0 Å². The Morgan fingerprint density at radius 3 is 3.00 bits per heavy atom.